The SMILES string of the molecule is COc1cc(C#N)ccc1NCCC1CCCCC1. The summed E-state index contributed by atoms with van der Waals surface area (Å²) in [5.41, 5.74) is 1.62. The van der Waals surface area contributed by atoms with Crippen molar-refractivity contribution in [1.82, 2.24) is 0 Å². The van der Waals surface area contributed by atoms with Gasteiger partial charge in [0.2, 0.25) is 0 Å². The van der Waals surface area contributed by atoms with E-state index in [9.17, 15) is 0 Å². The first-order valence-corrected chi connectivity index (χ1v) is 7.15. The summed E-state index contributed by atoms with van der Waals surface area (Å²) in [7, 11) is 1.64. The van der Waals surface area contributed by atoms with Crippen molar-refractivity contribution >= 4 is 5.69 Å². The second kappa shape index (κ2) is 7.04. The smallest absolute Gasteiger partial charge is 0.143 e. The summed E-state index contributed by atoms with van der Waals surface area (Å²) in [6, 6.07) is 7.66. The van der Waals surface area contributed by atoms with Crippen molar-refractivity contribution in [2.75, 3.05) is 19.0 Å². The Bertz CT molecular complexity index is 445. The fourth-order valence-corrected chi connectivity index (χ4v) is 2.79. The van der Waals surface area contributed by atoms with Gasteiger partial charge in [0.15, 0.2) is 0 Å². The molecule has 3 nitrogen and oxygen atoms in total. The molecule has 0 spiro atoms. The Hall–Kier alpha value is -1.69. The van der Waals surface area contributed by atoms with Crippen LogP contribution in [0.4, 0.5) is 5.69 Å². The van der Waals surface area contributed by atoms with Gasteiger partial charge in [-0.2, -0.15) is 5.26 Å². The molecule has 0 saturated heterocycles. The lowest BCUT2D eigenvalue weighted by Crippen LogP contribution is -2.12. The summed E-state index contributed by atoms with van der Waals surface area (Å²) in [5.74, 6) is 1.63. The van der Waals surface area contributed by atoms with E-state index in [0.717, 1.165) is 23.9 Å². The van der Waals surface area contributed by atoms with Gasteiger partial charge in [-0.3, -0.25) is 0 Å². The first kappa shape index (κ1) is 13.7. The molecule has 1 aromatic carbocycles. The molecule has 1 N–H and O–H groups in total. The second-order valence-corrected chi connectivity index (χ2v) is 5.25. The van der Waals surface area contributed by atoms with Gasteiger partial charge >= 0.3 is 0 Å². The van der Waals surface area contributed by atoms with Crippen LogP contribution in [0.15, 0.2) is 18.2 Å². The van der Waals surface area contributed by atoms with Crippen LogP contribution in [0.3, 0.4) is 0 Å². The van der Waals surface area contributed by atoms with Crippen LogP contribution in [0.5, 0.6) is 5.75 Å². The standard InChI is InChI=1S/C16H22N2O/c1-19-16-11-14(12-17)7-8-15(16)18-10-9-13-5-3-2-4-6-13/h7-8,11,13,18H,2-6,9-10H2,1H3. The van der Waals surface area contributed by atoms with Crippen molar-refractivity contribution in [3.8, 4) is 11.8 Å². The van der Waals surface area contributed by atoms with Crippen molar-refractivity contribution in [1.29, 1.82) is 5.26 Å². The van der Waals surface area contributed by atoms with Crippen molar-refractivity contribution < 1.29 is 4.74 Å². The van der Waals surface area contributed by atoms with Crippen LogP contribution in [-0.2, 0) is 0 Å². The van der Waals surface area contributed by atoms with Crippen LogP contribution in [0.1, 0.15) is 44.1 Å². The Labute approximate surface area is 115 Å². The van der Waals surface area contributed by atoms with Gasteiger partial charge < -0.3 is 10.1 Å². The molecule has 0 heterocycles. The summed E-state index contributed by atoms with van der Waals surface area (Å²) >= 11 is 0. The van der Waals surface area contributed by atoms with Crippen LogP contribution >= 0.6 is 0 Å². The van der Waals surface area contributed by atoms with Crippen molar-refractivity contribution in [3.63, 3.8) is 0 Å². The van der Waals surface area contributed by atoms with Gasteiger partial charge in [-0.1, -0.05) is 32.1 Å². The Morgan fingerprint density at radius 3 is 2.79 bits per heavy atom. The Morgan fingerprint density at radius 2 is 2.11 bits per heavy atom. The quantitative estimate of drug-likeness (QED) is 0.869. The largest absolute Gasteiger partial charge is 0.495 e. The minimum Gasteiger partial charge on any atom is -0.495 e. The third-order valence-corrected chi connectivity index (χ3v) is 3.92. The monoisotopic (exact) mass is 258 g/mol. The molecule has 1 saturated carbocycles. The van der Waals surface area contributed by atoms with E-state index >= 15 is 0 Å². The summed E-state index contributed by atoms with van der Waals surface area (Å²) < 4.78 is 5.32. The van der Waals surface area contributed by atoms with E-state index in [-0.39, 0.29) is 0 Å². The Balaban J connectivity index is 1.86. The summed E-state index contributed by atoms with van der Waals surface area (Å²) in [6.45, 7) is 0.979. The fourth-order valence-electron chi connectivity index (χ4n) is 2.79. The summed E-state index contributed by atoms with van der Waals surface area (Å²) in [5, 5.41) is 12.3. The van der Waals surface area contributed by atoms with Crippen molar-refractivity contribution in [2.45, 2.75) is 38.5 Å². The number of nitrogens with one attached hydrogen (secondary N) is 1. The zero-order valence-corrected chi connectivity index (χ0v) is 11.6. The van der Waals surface area contributed by atoms with E-state index in [4.69, 9.17) is 10.00 Å². The molecule has 1 fully saturated rings. The topological polar surface area (TPSA) is 45.0 Å². The first-order valence-electron chi connectivity index (χ1n) is 7.15. The molecule has 3 heteroatoms. The zero-order chi connectivity index (χ0) is 13.5. The molecule has 0 atom stereocenters. The minimum atomic E-state index is 0.634. The predicted molar refractivity (Wildman–Crippen MR) is 77.4 cm³/mol. The normalized spacial score (nSPS) is 15.8. The van der Waals surface area contributed by atoms with E-state index in [1.807, 2.05) is 12.1 Å². The van der Waals surface area contributed by atoms with Crippen LogP contribution in [0.2, 0.25) is 0 Å². The molecular weight excluding hydrogens is 236 g/mol. The Kier molecular flexibility index (Phi) is 5.09. The van der Waals surface area contributed by atoms with Crippen LogP contribution < -0.4 is 10.1 Å². The summed E-state index contributed by atoms with van der Waals surface area (Å²) in [6.07, 6.45) is 8.19. The van der Waals surface area contributed by atoms with Gasteiger partial charge in [-0.15, -0.1) is 0 Å². The third-order valence-electron chi connectivity index (χ3n) is 3.92. The van der Waals surface area contributed by atoms with Gasteiger partial charge in [0.1, 0.15) is 5.75 Å². The second-order valence-electron chi connectivity index (χ2n) is 5.25. The highest BCUT2D eigenvalue weighted by Gasteiger charge is 2.13. The van der Waals surface area contributed by atoms with Gasteiger partial charge in [0, 0.05) is 12.6 Å². The molecule has 0 amide bonds. The van der Waals surface area contributed by atoms with Gasteiger partial charge in [-0.05, 0) is 24.5 Å². The van der Waals surface area contributed by atoms with E-state index in [0.29, 0.717) is 5.56 Å². The number of benzene rings is 1. The molecule has 0 aromatic heterocycles. The van der Waals surface area contributed by atoms with Gasteiger partial charge in [-0.25, -0.2) is 0 Å². The molecule has 1 aliphatic rings. The number of ether oxygens (including phenoxy) is 1. The molecule has 1 aromatic rings. The number of methoxy groups -OCH3 is 1. The summed E-state index contributed by atoms with van der Waals surface area (Å²) in [4.78, 5) is 0. The number of rotatable bonds is 5. The highest BCUT2D eigenvalue weighted by Crippen LogP contribution is 2.28. The average Bonchev–Trinajstić information content (AvgIpc) is 2.48. The molecule has 2 rings (SSSR count). The molecular formula is C16H22N2O. The highest BCUT2D eigenvalue weighted by molar-refractivity contribution is 5.59. The number of hydrogen-bond acceptors (Lipinski definition) is 3. The zero-order valence-electron chi connectivity index (χ0n) is 11.6. The van der Waals surface area contributed by atoms with E-state index in [2.05, 4.69) is 11.4 Å². The maximum atomic E-state index is 8.87. The first-order chi connectivity index (χ1) is 9.33. The number of nitriles is 1. The van der Waals surface area contributed by atoms with Crippen molar-refractivity contribution in [3.05, 3.63) is 23.8 Å². The molecule has 0 bridgehead atoms. The molecule has 102 valence electrons. The Morgan fingerprint density at radius 1 is 1.32 bits per heavy atom. The van der Waals surface area contributed by atoms with Crippen LogP contribution in [0, 0.1) is 17.2 Å². The molecule has 0 aliphatic heterocycles. The van der Waals surface area contributed by atoms with E-state index in [1.165, 1.54) is 38.5 Å². The van der Waals surface area contributed by atoms with Crippen LogP contribution in [-0.4, -0.2) is 13.7 Å². The molecule has 0 unspecified atom stereocenters. The maximum absolute atomic E-state index is 8.87. The lowest BCUT2D eigenvalue weighted by Gasteiger charge is -2.22. The highest BCUT2D eigenvalue weighted by atomic mass is 16.5. The van der Waals surface area contributed by atoms with E-state index < -0.39 is 0 Å². The van der Waals surface area contributed by atoms with Gasteiger partial charge in [0.25, 0.3) is 0 Å². The third kappa shape index (κ3) is 3.89. The minimum absolute atomic E-state index is 0.634. The lowest BCUT2D eigenvalue weighted by atomic mass is 9.87. The van der Waals surface area contributed by atoms with Crippen molar-refractivity contribution in [2.24, 2.45) is 5.92 Å². The molecule has 1 aliphatic carbocycles. The maximum Gasteiger partial charge on any atom is 0.143 e. The lowest BCUT2D eigenvalue weighted by molar-refractivity contribution is 0.345. The average molecular weight is 258 g/mol. The fraction of sp³-hybridized carbons (Fsp3) is 0.562. The predicted octanol–water partition coefficient (Wildman–Crippen LogP) is 3.95. The number of nitrogens with zero attached hydrogens (tertiary/aromatic N) is 1. The van der Waals surface area contributed by atoms with Crippen LogP contribution in [0.25, 0.3) is 0 Å². The number of hydrogen-bond donors (Lipinski definition) is 1. The number of anilines is 1. The van der Waals surface area contributed by atoms with E-state index in [1.54, 1.807) is 13.2 Å². The molecule has 0 radical (unpaired) electrons. The van der Waals surface area contributed by atoms with Gasteiger partial charge in [0.05, 0.1) is 24.4 Å². The molecule has 19 heavy (non-hydrogen) atoms.